The van der Waals surface area contributed by atoms with E-state index < -0.39 is 11.8 Å². The highest BCUT2D eigenvalue weighted by atomic mass is 35.5. The molecule has 2 fully saturated rings. The third-order valence-corrected chi connectivity index (χ3v) is 10.0. The van der Waals surface area contributed by atoms with Crippen LogP contribution < -0.4 is 14.2 Å². The molecule has 3 aliphatic rings. The zero-order valence-corrected chi connectivity index (χ0v) is 27.4. The number of fused-ring (bicyclic) bond motifs is 3. The number of imidazole rings is 2. The van der Waals surface area contributed by atoms with Gasteiger partial charge >= 0.3 is 5.97 Å². The first kappa shape index (κ1) is 29.8. The number of ether oxygens (including phenoxy) is 4. The van der Waals surface area contributed by atoms with Crippen LogP contribution in [0.15, 0.2) is 61.2 Å². The molecule has 1 saturated heterocycles. The molecule has 1 aliphatic carbocycles. The van der Waals surface area contributed by atoms with Gasteiger partial charge in [-0.25, -0.2) is 14.8 Å². The van der Waals surface area contributed by atoms with Crippen molar-refractivity contribution in [3.8, 4) is 17.2 Å². The predicted octanol–water partition coefficient (Wildman–Crippen LogP) is 5.63. The van der Waals surface area contributed by atoms with E-state index >= 15 is 0 Å². The number of benzene rings is 2. The van der Waals surface area contributed by atoms with Gasteiger partial charge in [-0.1, -0.05) is 23.7 Å². The van der Waals surface area contributed by atoms with E-state index in [-0.39, 0.29) is 0 Å². The van der Waals surface area contributed by atoms with Gasteiger partial charge in [0.1, 0.15) is 22.8 Å². The van der Waals surface area contributed by atoms with Crippen LogP contribution in [0, 0.1) is 11.8 Å². The quantitative estimate of drug-likeness (QED) is 0.187. The van der Waals surface area contributed by atoms with E-state index in [9.17, 15) is 4.79 Å². The molecule has 0 amide bonds. The number of aromatic nitrogens is 5. The number of likely N-dealkylation sites (tertiary alicyclic amines) is 1. The Bertz CT molecular complexity index is 2000. The van der Waals surface area contributed by atoms with Crippen molar-refractivity contribution in [2.45, 2.75) is 45.2 Å². The second-order valence-corrected chi connectivity index (χ2v) is 13.0. The molecule has 2 aliphatic heterocycles. The second kappa shape index (κ2) is 11.3. The topological polar surface area (TPSA) is 106 Å². The van der Waals surface area contributed by atoms with Crippen LogP contribution in [0.3, 0.4) is 0 Å². The fourth-order valence-corrected chi connectivity index (χ4v) is 7.53. The number of halogens is 1. The minimum Gasteiger partial charge on any atom is -0.494 e. The van der Waals surface area contributed by atoms with Gasteiger partial charge in [0.05, 0.1) is 55.4 Å². The Morgan fingerprint density at radius 3 is 2.64 bits per heavy atom. The number of para-hydroxylation sites is 1. The van der Waals surface area contributed by atoms with Crippen molar-refractivity contribution in [2.24, 2.45) is 11.8 Å². The summed E-state index contributed by atoms with van der Waals surface area (Å²) in [5.74, 6) is 2.96. The number of methoxy groups -OCH3 is 2. The zero-order valence-electron chi connectivity index (χ0n) is 26.6. The summed E-state index contributed by atoms with van der Waals surface area (Å²) in [6, 6.07) is 13.3. The van der Waals surface area contributed by atoms with Crippen molar-refractivity contribution in [3.63, 3.8) is 0 Å². The maximum atomic E-state index is 12.6. The van der Waals surface area contributed by atoms with Gasteiger partial charge in [-0.3, -0.25) is 9.88 Å². The molecule has 11 nitrogen and oxygen atoms in total. The number of carbonyl (C=O) groups is 1. The lowest BCUT2D eigenvalue weighted by Crippen LogP contribution is -2.32. The maximum absolute atomic E-state index is 12.6. The summed E-state index contributed by atoms with van der Waals surface area (Å²) < 4.78 is 27.9. The summed E-state index contributed by atoms with van der Waals surface area (Å²) in [7, 11) is 2.98. The molecule has 0 bridgehead atoms. The number of carbonyl (C=O) groups excluding carboxylic acids is 1. The standard InChI is InChI=1S/C35H35ClN6O5/c1-5-41-19-37-14-22(41)15-42-26-11-20(34(43)45-4)12-28(44-3)32(26)39-30(42)18-40-16-24-25(17-40)31(24)23-7-6-8-27-33(23)47-35(2,46-27)29-10-9-21(36)13-38-29/h6-14,19,24-25,31H,5,15-18H2,1-4H3/t24-,25+,31?,35-/m1/s1. The number of aryl methyl sites for hydroxylation is 1. The number of rotatable bonds is 9. The third kappa shape index (κ3) is 4.99. The molecule has 3 aromatic heterocycles. The van der Waals surface area contributed by atoms with Gasteiger partial charge in [-0.15, -0.1) is 0 Å². The molecule has 0 radical (unpaired) electrons. The average molecular weight is 655 g/mol. The van der Waals surface area contributed by atoms with E-state index in [0.29, 0.717) is 52.9 Å². The molecule has 0 N–H and O–H groups in total. The third-order valence-electron chi connectivity index (χ3n) is 9.80. The van der Waals surface area contributed by atoms with Crippen molar-refractivity contribution in [3.05, 3.63) is 94.5 Å². The van der Waals surface area contributed by atoms with Crippen LogP contribution in [0.4, 0.5) is 0 Å². The number of esters is 1. The minimum atomic E-state index is -1.01. The van der Waals surface area contributed by atoms with Crippen LogP contribution >= 0.6 is 11.6 Å². The smallest absolute Gasteiger partial charge is 0.338 e. The van der Waals surface area contributed by atoms with Crippen molar-refractivity contribution >= 4 is 28.6 Å². The van der Waals surface area contributed by atoms with E-state index in [0.717, 1.165) is 53.7 Å². The van der Waals surface area contributed by atoms with Crippen LogP contribution in [0.1, 0.15) is 52.9 Å². The van der Waals surface area contributed by atoms with Crippen molar-refractivity contribution < 1.29 is 23.7 Å². The van der Waals surface area contributed by atoms with Gasteiger partial charge in [-0.05, 0) is 55.0 Å². The normalized spacial score (nSPS) is 22.9. The summed E-state index contributed by atoms with van der Waals surface area (Å²) >= 11 is 6.08. The summed E-state index contributed by atoms with van der Waals surface area (Å²) in [4.78, 5) is 29.0. The first-order chi connectivity index (χ1) is 22.8. The van der Waals surface area contributed by atoms with E-state index in [4.69, 9.17) is 35.5 Å². The van der Waals surface area contributed by atoms with Gasteiger partial charge in [0.15, 0.2) is 11.5 Å². The van der Waals surface area contributed by atoms with Crippen LogP contribution in [0.25, 0.3) is 11.0 Å². The molecule has 47 heavy (non-hydrogen) atoms. The minimum absolute atomic E-state index is 0.394. The largest absolute Gasteiger partial charge is 0.494 e. The second-order valence-electron chi connectivity index (χ2n) is 12.6. The molecular weight excluding hydrogens is 620 g/mol. The first-order valence-corrected chi connectivity index (χ1v) is 16.2. The molecule has 4 atom stereocenters. The number of hydrogen-bond acceptors (Lipinski definition) is 9. The van der Waals surface area contributed by atoms with Gasteiger partial charge in [-0.2, -0.15) is 0 Å². The highest BCUT2D eigenvalue weighted by Crippen LogP contribution is 2.62. The molecule has 5 heterocycles. The van der Waals surface area contributed by atoms with Crippen molar-refractivity contribution in [1.82, 2.24) is 29.0 Å². The zero-order chi connectivity index (χ0) is 32.4. The van der Waals surface area contributed by atoms with Crippen LogP contribution in [-0.4, -0.2) is 62.3 Å². The summed E-state index contributed by atoms with van der Waals surface area (Å²) in [5, 5.41) is 0.567. The molecule has 2 aromatic carbocycles. The molecule has 12 heteroatoms. The average Bonchev–Trinajstić information content (AvgIpc) is 3.57. The molecule has 1 unspecified atom stereocenters. The van der Waals surface area contributed by atoms with Gasteiger partial charge < -0.3 is 28.1 Å². The summed E-state index contributed by atoms with van der Waals surface area (Å²) in [6.45, 7) is 7.90. The number of hydrogen-bond donors (Lipinski definition) is 0. The van der Waals surface area contributed by atoms with Gasteiger partial charge in [0.25, 0.3) is 5.79 Å². The van der Waals surface area contributed by atoms with Crippen LogP contribution in [-0.2, 0) is 30.2 Å². The first-order valence-electron chi connectivity index (χ1n) is 15.8. The Hall–Kier alpha value is -4.61. The van der Waals surface area contributed by atoms with E-state index in [1.807, 2.05) is 43.7 Å². The number of piperidine rings is 1. The fraction of sp³-hybridized carbons (Fsp3) is 0.371. The number of pyridine rings is 1. The van der Waals surface area contributed by atoms with Crippen LogP contribution in [0.5, 0.6) is 17.2 Å². The SMILES string of the molecule is CCn1cncc1Cn1c(CN2C[C@@H]3C(c4cccc5c4O[C@](C)(c4ccc(Cl)cn4)O5)[C@@H]3C2)nc2c(OC)cc(C(=O)OC)cc21. The van der Waals surface area contributed by atoms with Gasteiger partial charge in [0, 0.05) is 44.5 Å². The highest BCUT2D eigenvalue weighted by molar-refractivity contribution is 6.30. The van der Waals surface area contributed by atoms with Crippen molar-refractivity contribution in [2.75, 3.05) is 27.3 Å². The Kier molecular flexibility index (Phi) is 7.14. The Labute approximate surface area is 277 Å². The van der Waals surface area contributed by atoms with Crippen molar-refractivity contribution in [1.29, 1.82) is 0 Å². The fourth-order valence-electron chi connectivity index (χ4n) is 7.42. The Balaban J connectivity index is 1.05. The predicted molar refractivity (Wildman–Crippen MR) is 174 cm³/mol. The lowest BCUT2D eigenvalue weighted by molar-refractivity contribution is -0.0721. The van der Waals surface area contributed by atoms with E-state index in [2.05, 4.69) is 37.0 Å². The van der Waals surface area contributed by atoms with E-state index in [1.165, 1.54) is 12.7 Å². The lowest BCUT2D eigenvalue weighted by atomic mass is 10.0. The maximum Gasteiger partial charge on any atom is 0.338 e. The number of nitrogens with zero attached hydrogens (tertiary/aromatic N) is 6. The Morgan fingerprint density at radius 1 is 1.09 bits per heavy atom. The molecule has 0 spiro atoms. The summed E-state index contributed by atoms with van der Waals surface area (Å²) in [5.41, 5.74) is 4.88. The van der Waals surface area contributed by atoms with E-state index in [1.54, 1.807) is 25.4 Å². The molecule has 8 rings (SSSR count). The lowest BCUT2D eigenvalue weighted by Gasteiger charge is -2.23. The van der Waals surface area contributed by atoms with Crippen LogP contribution in [0.2, 0.25) is 5.02 Å². The molecular formula is C35H35ClN6O5. The Morgan fingerprint density at radius 2 is 1.91 bits per heavy atom. The van der Waals surface area contributed by atoms with Gasteiger partial charge in [0.2, 0.25) is 0 Å². The summed E-state index contributed by atoms with van der Waals surface area (Å²) in [6.07, 6.45) is 5.33. The monoisotopic (exact) mass is 654 g/mol. The highest BCUT2D eigenvalue weighted by Gasteiger charge is 2.58. The molecule has 1 saturated carbocycles. The molecule has 5 aromatic rings. The molecule has 242 valence electrons.